The van der Waals surface area contributed by atoms with Crippen LogP contribution in [0.1, 0.15) is 33.0 Å². The van der Waals surface area contributed by atoms with Gasteiger partial charge in [-0.15, -0.1) is 0 Å². The molecule has 0 saturated carbocycles. The topological polar surface area (TPSA) is 52.5 Å². The molecule has 0 radical (unpaired) electrons. The first-order valence-electron chi connectivity index (χ1n) is 7.31. The molecule has 118 valence electrons. The number of anilines is 1. The molecule has 2 unspecified atom stereocenters. The number of rotatable bonds is 3. The first kappa shape index (κ1) is 16.6. The van der Waals surface area contributed by atoms with Gasteiger partial charge in [0, 0.05) is 30.6 Å². The van der Waals surface area contributed by atoms with Gasteiger partial charge in [-0.1, -0.05) is 20.8 Å². The predicted molar refractivity (Wildman–Crippen MR) is 88.7 cm³/mol. The second-order valence-electron chi connectivity index (χ2n) is 7.08. The van der Waals surface area contributed by atoms with Gasteiger partial charge >= 0.3 is 0 Å². The van der Waals surface area contributed by atoms with E-state index in [0.717, 1.165) is 29.2 Å². The summed E-state index contributed by atoms with van der Waals surface area (Å²) in [6.07, 6.45) is 0.492. The van der Waals surface area contributed by atoms with Crippen molar-refractivity contribution in [3.63, 3.8) is 0 Å². The largest absolute Gasteiger partial charge is 0.391 e. The monoisotopic (exact) mass is 356 g/mol. The molecule has 1 aliphatic heterocycles. The molecule has 0 aromatic carbocycles. The maximum Gasteiger partial charge on any atom is 0.137 e. The maximum atomic E-state index is 10.0. The van der Waals surface area contributed by atoms with E-state index in [-0.39, 0.29) is 17.6 Å². The van der Waals surface area contributed by atoms with Crippen molar-refractivity contribution in [1.29, 1.82) is 0 Å². The normalized spacial score (nSPS) is 23.1. The van der Waals surface area contributed by atoms with E-state index < -0.39 is 0 Å². The van der Waals surface area contributed by atoms with Gasteiger partial charge in [0.1, 0.15) is 16.2 Å². The Kier molecular flexibility index (Phi) is 4.90. The van der Waals surface area contributed by atoms with E-state index in [4.69, 9.17) is 4.98 Å². The average Bonchev–Trinajstić information content (AvgIpc) is 2.67. The van der Waals surface area contributed by atoms with Crippen LogP contribution in [0.25, 0.3) is 0 Å². The fraction of sp³-hybridized carbons (Fsp3) is 0.733. The van der Waals surface area contributed by atoms with E-state index in [1.54, 1.807) is 0 Å². The Balaban J connectivity index is 2.33. The Morgan fingerprint density at radius 2 is 2.05 bits per heavy atom. The summed E-state index contributed by atoms with van der Waals surface area (Å²) in [7, 11) is 4.11. The predicted octanol–water partition coefficient (Wildman–Crippen LogP) is 2.04. The van der Waals surface area contributed by atoms with Gasteiger partial charge < -0.3 is 14.9 Å². The molecular formula is C15H25BrN4O. The van der Waals surface area contributed by atoms with Gasteiger partial charge in [0.2, 0.25) is 0 Å². The Labute approximate surface area is 135 Å². The lowest BCUT2D eigenvalue weighted by molar-refractivity contribution is 0.191. The van der Waals surface area contributed by atoms with Crippen molar-refractivity contribution < 1.29 is 5.11 Å². The summed E-state index contributed by atoms with van der Waals surface area (Å²) < 4.78 is 0.794. The van der Waals surface area contributed by atoms with Gasteiger partial charge in [-0.3, -0.25) is 0 Å². The second-order valence-corrected chi connectivity index (χ2v) is 7.89. The molecule has 0 aliphatic carbocycles. The Bertz CT molecular complexity index is 501. The molecule has 21 heavy (non-hydrogen) atoms. The van der Waals surface area contributed by atoms with Crippen molar-refractivity contribution in [3.8, 4) is 0 Å². The van der Waals surface area contributed by atoms with Gasteiger partial charge in [-0.25, -0.2) is 9.97 Å². The number of aliphatic hydroxyl groups excluding tert-OH is 1. The summed E-state index contributed by atoms with van der Waals surface area (Å²) in [4.78, 5) is 13.6. The molecule has 1 N–H and O–H groups in total. The minimum absolute atomic E-state index is 0.103. The van der Waals surface area contributed by atoms with Gasteiger partial charge in [-0.2, -0.15) is 0 Å². The lowest BCUT2D eigenvalue weighted by Crippen LogP contribution is -2.38. The number of halogens is 1. The van der Waals surface area contributed by atoms with Crippen molar-refractivity contribution in [2.45, 2.75) is 44.8 Å². The molecule has 0 spiro atoms. The van der Waals surface area contributed by atoms with E-state index >= 15 is 0 Å². The molecular weight excluding hydrogens is 332 g/mol. The fourth-order valence-electron chi connectivity index (χ4n) is 2.66. The van der Waals surface area contributed by atoms with Crippen LogP contribution < -0.4 is 4.90 Å². The fourth-order valence-corrected chi connectivity index (χ4v) is 3.03. The summed E-state index contributed by atoms with van der Waals surface area (Å²) >= 11 is 3.49. The van der Waals surface area contributed by atoms with E-state index in [1.807, 2.05) is 6.07 Å². The zero-order valence-corrected chi connectivity index (χ0v) is 15.1. The van der Waals surface area contributed by atoms with Gasteiger partial charge in [0.15, 0.2) is 0 Å². The van der Waals surface area contributed by atoms with Crippen molar-refractivity contribution in [2.75, 3.05) is 32.1 Å². The van der Waals surface area contributed by atoms with Crippen LogP contribution in [0.4, 0.5) is 5.82 Å². The second kappa shape index (κ2) is 6.18. The van der Waals surface area contributed by atoms with Crippen LogP contribution in [-0.4, -0.2) is 59.3 Å². The molecule has 1 aliphatic rings. The molecule has 2 rings (SSSR count). The van der Waals surface area contributed by atoms with Crippen molar-refractivity contribution in [3.05, 3.63) is 16.5 Å². The highest BCUT2D eigenvalue weighted by Crippen LogP contribution is 2.29. The van der Waals surface area contributed by atoms with Crippen molar-refractivity contribution in [1.82, 2.24) is 14.9 Å². The van der Waals surface area contributed by atoms with E-state index in [0.29, 0.717) is 6.54 Å². The summed E-state index contributed by atoms with van der Waals surface area (Å²) in [5.41, 5.74) is -0.103. The molecule has 0 amide bonds. The highest BCUT2D eigenvalue weighted by atomic mass is 79.9. The Morgan fingerprint density at radius 3 is 2.62 bits per heavy atom. The van der Waals surface area contributed by atoms with Gasteiger partial charge in [0.25, 0.3) is 0 Å². The first-order valence-corrected chi connectivity index (χ1v) is 8.10. The van der Waals surface area contributed by atoms with Gasteiger partial charge in [0.05, 0.1) is 6.10 Å². The molecule has 1 aromatic heterocycles. The molecule has 6 heteroatoms. The lowest BCUT2D eigenvalue weighted by atomic mass is 9.96. The number of aromatic nitrogens is 2. The number of nitrogens with zero attached hydrogens (tertiary/aromatic N) is 4. The first-order chi connectivity index (χ1) is 9.66. The number of hydrogen-bond acceptors (Lipinski definition) is 5. The lowest BCUT2D eigenvalue weighted by Gasteiger charge is -2.29. The Morgan fingerprint density at radius 1 is 1.38 bits per heavy atom. The molecule has 0 bridgehead atoms. The molecule has 1 saturated heterocycles. The van der Waals surface area contributed by atoms with E-state index in [2.05, 4.69) is 65.6 Å². The minimum atomic E-state index is -0.290. The summed E-state index contributed by atoms with van der Waals surface area (Å²) in [5.74, 6) is 1.71. The van der Waals surface area contributed by atoms with Crippen LogP contribution in [0.2, 0.25) is 0 Å². The third-order valence-corrected chi connectivity index (χ3v) is 4.02. The standard InChI is InChI=1S/C15H25BrN4O/c1-15(2,3)14-17-12(16)7-13(18-14)20-9-11(21)6-10(20)8-19(4)5/h7,10-11,21H,6,8-9H2,1-5H3. The third-order valence-electron chi connectivity index (χ3n) is 3.61. The summed E-state index contributed by atoms with van der Waals surface area (Å²) in [6, 6.07) is 2.22. The number of aliphatic hydroxyl groups is 1. The number of hydrogen-bond donors (Lipinski definition) is 1. The quantitative estimate of drug-likeness (QED) is 0.839. The van der Waals surface area contributed by atoms with E-state index in [1.165, 1.54) is 0 Å². The SMILES string of the molecule is CN(C)CC1CC(O)CN1c1cc(Br)nc(C(C)(C)C)n1. The number of β-amino-alcohol motifs (C(OH)–C–C–N with tert-alkyl or cyclic N) is 1. The smallest absolute Gasteiger partial charge is 0.137 e. The third kappa shape index (κ3) is 4.14. The zero-order valence-electron chi connectivity index (χ0n) is 13.5. The molecule has 1 fully saturated rings. The van der Waals surface area contributed by atoms with Gasteiger partial charge in [-0.05, 0) is 36.4 Å². The number of likely N-dealkylation sites (N-methyl/N-ethyl adjacent to an activating group) is 1. The highest BCUT2D eigenvalue weighted by molar-refractivity contribution is 9.10. The maximum absolute atomic E-state index is 10.0. The van der Waals surface area contributed by atoms with Crippen LogP contribution in [0, 0.1) is 0 Å². The van der Waals surface area contributed by atoms with Crippen LogP contribution in [0.15, 0.2) is 10.7 Å². The average molecular weight is 357 g/mol. The van der Waals surface area contributed by atoms with E-state index in [9.17, 15) is 5.11 Å². The molecule has 5 nitrogen and oxygen atoms in total. The summed E-state index contributed by atoms with van der Waals surface area (Å²) in [6.45, 7) is 7.85. The van der Waals surface area contributed by atoms with Crippen LogP contribution in [0.5, 0.6) is 0 Å². The minimum Gasteiger partial charge on any atom is -0.391 e. The molecule has 1 aromatic rings. The van der Waals surface area contributed by atoms with Crippen molar-refractivity contribution >= 4 is 21.7 Å². The van der Waals surface area contributed by atoms with Crippen LogP contribution in [0.3, 0.4) is 0 Å². The van der Waals surface area contributed by atoms with Crippen LogP contribution >= 0.6 is 15.9 Å². The zero-order chi connectivity index (χ0) is 15.8. The Hall–Kier alpha value is -0.720. The molecule has 2 heterocycles. The highest BCUT2D eigenvalue weighted by Gasteiger charge is 2.33. The van der Waals surface area contributed by atoms with Crippen LogP contribution in [-0.2, 0) is 5.41 Å². The molecule has 2 atom stereocenters. The summed E-state index contributed by atoms with van der Waals surface area (Å²) in [5, 5.41) is 10.0. The van der Waals surface area contributed by atoms with Crippen molar-refractivity contribution in [2.24, 2.45) is 0 Å².